The summed E-state index contributed by atoms with van der Waals surface area (Å²) >= 11 is 0. The Bertz CT molecular complexity index is 270. The molecule has 1 aliphatic rings. The molecule has 17 heavy (non-hydrogen) atoms. The van der Waals surface area contributed by atoms with Crippen LogP contribution in [0.25, 0.3) is 0 Å². The van der Waals surface area contributed by atoms with Crippen molar-refractivity contribution in [2.75, 3.05) is 0 Å². The third kappa shape index (κ3) is 4.75. The number of carboxylic acid groups (broad SMARTS) is 1. The minimum atomic E-state index is -0.852. The van der Waals surface area contributed by atoms with Gasteiger partial charge in [0, 0.05) is 12.0 Å². The molecule has 1 rings (SSSR count). The second kappa shape index (κ2) is 6.62. The summed E-state index contributed by atoms with van der Waals surface area (Å²) in [6.07, 6.45) is 4.78. The van der Waals surface area contributed by atoms with Crippen molar-refractivity contribution in [2.24, 2.45) is 11.8 Å². The van der Waals surface area contributed by atoms with Crippen molar-refractivity contribution in [3.05, 3.63) is 0 Å². The third-order valence-electron chi connectivity index (χ3n) is 3.65. The Morgan fingerprint density at radius 3 is 2.35 bits per heavy atom. The minimum Gasteiger partial charge on any atom is -0.481 e. The Balaban J connectivity index is 2.39. The molecule has 1 unspecified atom stereocenters. The van der Waals surface area contributed by atoms with E-state index in [1.807, 2.05) is 6.92 Å². The fraction of sp³-hybridized carbons (Fsp3) is 0.846. The van der Waals surface area contributed by atoms with E-state index in [9.17, 15) is 9.59 Å². The topological polar surface area (TPSA) is 66.4 Å². The molecule has 0 aromatic rings. The fourth-order valence-electron chi connectivity index (χ4n) is 2.35. The SMILES string of the molecule is CCC(CC(=O)O)NC(=O)C1CCC(C)CC1. The summed E-state index contributed by atoms with van der Waals surface area (Å²) in [5.41, 5.74) is 0. The highest BCUT2D eigenvalue weighted by atomic mass is 16.4. The molecule has 0 saturated heterocycles. The molecular formula is C13H23NO3. The van der Waals surface area contributed by atoms with Gasteiger partial charge < -0.3 is 10.4 Å². The van der Waals surface area contributed by atoms with E-state index in [4.69, 9.17) is 5.11 Å². The normalized spacial score (nSPS) is 26.2. The lowest BCUT2D eigenvalue weighted by Crippen LogP contribution is -2.40. The Morgan fingerprint density at radius 1 is 1.29 bits per heavy atom. The van der Waals surface area contributed by atoms with Crippen molar-refractivity contribution in [2.45, 2.75) is 58.4 Å². The average Bonchev–Trinajstić information content (AvgIpc) is 2.28. The van der Waals surface area contributed by atoms with E-state index < -0.39 is 5.97 Å². The molecule has 1 atom stereocenters. The molecule has 98 valence electrons. The molecule has 0 aromatic carbocycles. The van der Waals surface area contributed by atoms with Crippen molar-refractivity contribution in [3.63, 3.8) is 0 Å². The first-order chi connectivity index (χ1) is 8.02. The molecule has 0 heterocycles. The first-order valence-corrected chi connectivity index (χ1v) is 6.55. The van der Waals surface area contributed by atoms with Crippen molar-refractivity contribution >= 4 is 11.9 Å². The van der Waals surface area contributed by atoms with E-state index in [0.29, 0.717) is 6.42 Å². The lowest BCUT2D eigenvalue weighted by atomic mass is 9.82. The van der Waals surface area contributed by atoms with Gasteiger partial charge in [-0.2, -0.15) is 0 Å². The third-order valence-corrected chi connectivity index (χ3v) is 3.65. The summed E-state index contributed by atoms with van der Waals surface area (Å²) in [5.74, 6) is 0.00787. The van der Waals surface area contributed by atoms with E-state index >= 15 is 0 Å². The monoisotopic (exact) mass is 241 g/mol. The Hall–Kier alpha value is -1.06. The van der Waals surface area contributed by atoms with Crippen LogP contribution in [0, 0.1) is 11.8 Å². The summed E-state index contributed by atoms with van der Waals surface area (Å²) in [6, 6.07) is -0.223. The van der Waals surface area contributed by atoms with Crippen LogP contribution in [0.5, 0.6) is 0 Å². The highest BCUT2D eigenvalue weighted by molar-refractivity contribution is 5.79. The molecule has 1 aliphatic carbocycles. The van der Waals surface area contributed by atoms with Gasteiger partial charge in [0.25, 0.3) is 0 Å². The second-order valence-electron chi connectivity index (χ2n) is 5.17. The quantitative estimate of drug-likeness (QED) is 0.775. The number of carbonyl (C=O) groups is 2. The van der Waals surface area contributed by atoms with Crippen molar-refractivity contribution in [3.8, 4) is 0 Å². The van der Waals surface area contributed by atoms with E-state index in [1.165, 1.54) is 0 Å². The van der Waals surface area contributed by atoms with Crippen molar-refractivity contribution in [1.82, 2.24) is 5.32 Å². The predicted octanol–water partition coefficient (Wildman–Crippen LogP) is 2.18. The average molecular weight is 241 g/mol. The van der Waals surface area contributed by atoms with Gasteiger partial charge in [0.1, 0.15) is 0 Å². The summed E-state index contributed by atoms with van der Waals surface area (Å²) < 4.78 is 0. The molecule has 0 aromatic heterocycles. The van der Waals surface area contributed by atoms with Crippen molar-refractivity contribution in [1.29, 1.82) is 0 Å². The Kier molecular flexibility index (Phi) is 5.45. The van der Waals surface area contributed by atoms with Gasteiger partial charge in [-0.15, -0.1) is 0 Å². The van der Waals surface area contributed by atoms with Crippen LogP contribution in [-0.2, 0) is 9.59 Å². The first kappa shape index (κ1) is 14.0. The molecule has 0 aliphatic heterocycles. The molecule has 2 N–H and O–H groups in total. The van der Waals surface area contributed by atoms with Gasteiger partial charge in [-0.1, -0.05) is 13.8 Å². The second-order valence-corrected chi connectivity index (χ2v) is 5.17. The molecule has 1 fully saturated rings. The van der Waals surface area contributed by atoms with Gasteiger partial charge in [-0.05, 0) is 38.0 Å². The van der Waals surface area contributed by atoms with E-state index in [1.54, 1.807) is 0 Å². The molecule has 4 nitrogen and oxygen atoms in total. The standard InChI is InChI=1S/C13H23NO3/c1-3-11(8-12(15)16)14-13(17)10-6-4-9(2)5-7-10/h9-11H,3-8H2,1-2H3,(H,14,17)(H,15,16). The van der Waals surface area contributed by atoms with E-state index in [-0.39, 0.29) is 24.3 Å². The smallest absolute Gasteiger partial charge is 0.305 e. The van der Waals surface area contributed by atoms with Gasteiger partial charge in [-0.25, -0.2) is 0 Å². The number of carboxylic acids is 1. The summed E-state index contributed by atoms with van der Waals surface area (Å²) in [6.45, 7) is 4.12. The van der Waals surface area contributed by atoms with Crippen molar-refractivity contribution < 1.29 is 14.7 Å². The van der Waals surface area contributed by atoms with Crippen LogP contribution >= 0.6 is 0 Å². The number of amides is 1. The molecule has 1 amide bonds. The lowest BCUT2D eigenvalue weighted by Gasteiger charge is -2.27. The van der Waals surface area contributed by atoms with Gasteiger partial charge in [0.15, 0.2) is 0 Å². The fourth-order valence-corrected chi connectivity index (χ4v) is 2.35. The van der Waals surface area contributed by atoms with Crippen LogP contribution in [0.4, 0.5) is 0 Å². The van der Waals surface area contributed by atoms with Crippen LogP contribution < -0.4 is 5.32 Å². The zero-order valence-electron chi connectivity index (χ0n) is 10.7. The van der Waals surface area contributed by atoms with Crippen LogP contribution in [0.15, 0.2) is 0 Å². The molecule has 0 radical (unpaired) electrons. The van der Waals surface area contributed by atoms with Crippen LogP contribution in [0.1, 0.15) is 52.4 Å². The summed E-state index contributed by atoms with van der Waals surface area (Å²) in [4.78, 5) is 22.6. The van der Waals surface area contributed by atoms with Crippen LogP contribution in [-0.4, -0.2) is 23.0 Å². The zero-order chi connectivity index (χ0) is 12.8. The first-order valence-electron chi connectivity index (χ1n) is 6.55. The number of hydrogen-bond donors (Lipinski definition) is 2. The number of aliphatic carboxylic acids is 1. The zero-order valence-corrected chi connectivity index (χ0v) is 10.7. The number of rotatable bonds is 5. The molecule has 0 bridgehead atoms. The summed E-state index contributed by atoms with van der Waals surface area (Å²) in [5, 5.41) is 11.6. The predicted molar refractivity (Wildman–Crippen MR) is 65.6 cm³/mol. The van der Waals surface area contributed by atoms with Gasteiger partial charge >= 0.3 is 5.97 Å². The number of carbonyl (C=O) groups excluding carboxylic acids is 1. The Morgan fingerprint density at radius 2 is 1.88 bits per heavy atom. The van der Waals surface area contributed by atoms with Gasteiger partial charge in [0.2, 0.25) is 5.91 Å². The van der Waals surface area contributed by atoms with E-state index in [2.05, 4.69) is 12.2 Å². The minimum absolute atomic E-state index is 0.0192. The molecule has 0 spiro atoms. The number of hydrogen-bond acceptors (Lipinski definition) is 2. The maximum Gasteiger partial charge on any atom is 0.305 e. The molecule has 1 saturated carbocycles. The molecule has 4 heteroatoms. The number of nitrogens with one attached hydrogen (secondary N) is 1. The maximum atomic E-state index is 12.0. The van der Waals surface area contributed by atoms with Crippen LogP contribution in [0.3, 0.4) is 0 Å². The maximum absolute atomic E-state index is 12.0. The largest absolute Gasteiger partial charge is 0.481 e. The lowest BCUT2D eigenvalue weighted by molar-refractivity contribution is -0.138. The van der Waals surface area contributed by atoms with E-state index in [0.717, 1.165) is 31.6 Å². The highest BCUT2D eigenvalue weighted by Gasteiger charge is 2.25. The van der Waals surface area contributed by atoms with Gasteiger partial charge in [-0.3, -0.25) is 9.59 Å². The molecular weight excluding hydrogens is 218 g/mol. The Labute approximate surface area is 103 Å². The summed E-state index contributed by atoms with van der Waals surface area (Å²) in [7, 11) is 0. The van der Waals surface area contributed by atoms with Gasteiger partial charge in [0.05, 0.1) is 6.42 Å². The van der Waals surface area contributed by atoms with Crippen LogP contribution in [0.2, 0.25) is 0 Å². The highest BCUT2D eigenvalue weighted by Crippen LogP contribution is 2.28.